The van der Waals surface area contributed by atoms with Crippen LogP contribution in [0.2, 0.25) is 5.02 Å². The predicted octanol–water partition coefficient (Wildman–Crippen LogP) is 5.60. The third-order valence-corrected chi connectivity index (χ3v) is 6.78. The Labute approximate surface area is 222 Å². The SMILES string of the molecule is Cc1c(N=C2S/C(=C\c3ccc(OCC(=O)Nc4ccccc4)c(Cl)c3)C(=O)N2C)cccc1C(=O)O. The van der Waals surface area contributed by atoms with Crippen molar-refractivity contribution >= 4 is 63.8 Å². The van der Waals surface area contributed by atoms with Crippen molar-refractivity contribution in [2.24, 2.45) is 4.99 Å². The second-order valence-electron chi connectivity index (χ2n) is 8.02. The van der Waals surface area contributed by atoms with Crippen LogP contribution in [0, 0.1) is 6.92 Å². The number of rotatable bonds is 7. The minimum atomic E-state index is -1.04. The second-order valence-corrected chi connectivity index (χ2v) is 9.43. The molecule has 1 saturated heterocycles. The Morgan fingerprint density at radius 3 is 2.59 bits per heavy atom. The molecule has 2 amide bonds. The number of carboxylic acids is 1. The number of aliphatic imine (C=N–C) groups is 1. The maximum atomic E-state index is 12.8. The Balaban J connectivity index is 1.46. The number of thioether (sulfide) groups is 1. The van der Waals surface area contributed by atoms with E-state index in [4.69, 9.17) is 16.3 Å². The molecule has 3 aromatic rings. The number of nitrogens with one attached hydrogen (secondary N) is 1. The molecule has 0 bridgehead atoms. The maximum Gasteiger partial charge on any atom is 0.336 e. The summed E-state index contributed by atoms with van der Waals surface area (Å²) in [7, 11) is 1.61. The van der Waals surface area contributed by atoms with Crippen LogP contribution in [-0.2, 0) is 9.59 Å². The number of anilines is 1. The monoisotopic (exact) mass is 535 g/mol. The zero-order valence-electron chi connectivity index (χ0n) is 19.9. The molecule has 4 rings (SSSR count). The van der Waals surface area contributed by atoms with E-state index in [2.05, 4.69) is 10.3 Å². The first-order valence-electron chi connectivity index (χ1n) is 11.1. The van der Waals surface area contributed by atoms with Gasteiger partial charge in [-0.25, -0.2) is 9.79 Å². The quantitative estimate of drug-likeness (QED) is 0.381. The Morgan fingerprint density at radius 2 is 1.89 bits per heavy atom. The first-order valence-corrected chi connectivity index (χ1v) is 12.3. The standard InChI is InChI=1S/C27H22ClN3O5S/c1-16-19(26(34)35)9-6-10-21(16)30-27-31(2)25(33)23(37-27)14-17-11-12-22(20(28)13-17)36-15-24(32)29-18-7-4-3-5-8-18/h3-14H,15H2,1-2H3,(H,29,32)(H,34,35)/b23-14-,30-27?. The molecule has 0 aliphatic carbocycles. The third kappa shape index (κ3) is 6.19. The van der Waals surface area contributed by atoms with Crippen LogP contribution in [0.1, 0.15) is 21.5 Å². The fourth-order valence-electron chi connectivity index (χ4n) is 3.47. The lowest BCUT2D eigenvalue weighted by Gasteiger charge is -2.09. The molecule has 0 saturated carbocycles. The van der Waals surface area contributed by atoms with Gasteiger partial charge in [0.1, 0.15) is 5.75 Å². The number of aromatic carboxylic acids is 1. The molecule has 2 N–H and O–H groups in total. The Hall–Kier alpha value is -4.08. The molecule has 1 fully saturated rings. The number of hydrogen-bond donors (Lipinski definition) is 2. The number of amidine groups is 1. The van der Waals surface area contributed by atoms with Crippen LogP contribution < -0.4 is 10.1 Å². The normalized spacial score (nSPS) is 15.3. The highest BCUT2D eigenvalue weighted by molar-refractivity contribution is 8.18. The molecule has 0 spiro atoms. The van der Waals surface area contributed by atoms with Gasteiger partial charge in [0.25, 0.3) is 11.8 Å². The van der Waals surface area contributed by atoms with Crippen molar-refractivity contribution < 1.29 is 24.2 Å². The Kier molecular flexibility index (Phi) is 7.95. The average molecular weight is 536 g/mol. The minimum Gasteiger partial charge on any atom is -0.482 e. The van der Waals surface area contributed by atoms with Crippen LogP contribution in [0.5, 0.6) is 5.75 Å². The first-order chi connectivity index (χ1) is 17.7. The van der Waals surface area contributed by atoms with E-state index in [0.717, 1.165) is 0 Å². The van der Waals surface area contributed by atoms with Crippen LogP contribution in [0.3, 0.4) is 0 Å². The zero-order chi connectivity index (χ0) is 26.5. The highest BCUT2D eigenvalue weighted by atomic mass is 35.5. The highest BCUT2D eigenvalue weighted by Gasteiger charge is 2.30. The number of para-hydroxylation sites is 1. The summed E-state index contributed by atoms with van der Waals surface area (Å²) in [5, 5.41) is 12.8. The molecule has 0 aromatic heterocycles. The van der Waals surface area contributed by atoms with Crippen molar-refractivity contribution in [2.45, 2.75) is 6.92 Å². The summed E-state index contributed by atoms with van der Waals surface area (Å²) in [6.45, 7) is 1.47. The number of nitrogens with zero attached hydrogens (tertiary/aromatic N) is 2. The number of hydrogen-bond acceptors (Lipinski definition) is 6. The smallest absolute Gasteiger partial charge is 0.336 e. The fraction of sp³-hybridized carbons (Fsp3) is 0.111. The van der Waals surface area contributed by atoms with Crippen molar-refractivity contribution in [1.29, 1.82) is 0 Å². The van der Waals surface area contributed by atoms with Gasteiger partial charge in [-0.2, -0.15) is 0 Å². The zero-order valence-corrected chi connectivity index (χ0v) is 21.5. The number of ether oxygens (including phenoxy) is 1. The third-order valence-electron chi connectivity index (χ3n) is 5.43. The van der Waals surface area contributed by atoms with Gasteiger partial charge in [-0.15, -0.1) is 0 Å². The van der Waals surface area contributed by atoms with E-state index in [1.54, 1.807) is 62.5 Å². The van der Waals surface area contributed by atoms with E-state index in [1.807, 2.05) is 18.2 Å². The lowest BCUT2D eigenvalue weighted by atomic mass is 10.1. The van der Waals surface area contributed by atoms with E-state index in [9.17, 15) is 19.5 Å². The summed E-state index contributed by atoms with van der Waals surface area (Å²) in [4.78, 5) is 42.7. The van der Waals surface area contributed by atoms with Gasteiger partial charge in [0.2, 0.25) is 0 Å². The Morgan fingerprint density at radius 1 is 1.14 bits per heavy atom. The molecule has 1 aliphatic heterocycles. The number of halogens is 1. The van der Waals surface area contributed by atoms with Gasteiger partial charge in [0.15, 0.2) is 11.8 Å². The molecular weight excluding hydrogens is 514 g/mol. The van der Waals surface area contributed by atoms with Crippen LogP contribution >= 0.6 is 23.4 Å². The number of carboxylic acid groups (broad SMARTS) is 1. The summed E-state index contributed by atoms with van der Waals surface area (Å²) in [5.41, 5.74) is 2.48. The summed E-state index contributed by atoms with van der Waals surface area (Å²) in [6, 6.07) is 18.9. The molecule has 0 radical (unpaired) electrons. The maximum absolute atomic E-state index is 12.8. The summed E-state index contributed by atoms with van der Waals surface area (Å²) in [5.74, 6) is -1.26. The van der Waals surface area contributed by atoms with Gasteiger partial charge < -0.3 is 15.2 Å². The van der Waals surface area contributed by atoms with E-state index in [1.165, 1.54) is 22.7 Å². The number of carbonyl (C=O) groups excluding carboxylic acids is 2. The van der Waals surface area contributed by atoms with E-state index < -0.39 is 5.97 Å². The molecule has 8 nitrogen and oxygen atoms in total. The van der Waals surface area contributed by atoms with Gasteiger partial charge in [0.05, 0.1) is 21.2 Å². The lowest BCUT2D eigenvalue weighted by Crippen LogP contribution is -2.23. The van der Waals surface area contributed by atoms with Crippen molar-refractivity contribution in [3.8, 4) is 5.75 Å². The lowest BCUT2D eigenvalue weighted by molar-refractivity contribution is -0.121. The largest absolute Gasteiger partial charge is 0.482 e. The van der Waals surface area contributed by atoms with Crippen molar-refractivity contribution in [3.05, 3.63) is 93.3 Å². The molecule has 0 unspecified atom stereocenters. The molecule has 0 atom stereocenters. The number of amides is 2. The van der Waals surface area contributed by atoms with Crippen molar-refractivity contribution in [2.75, 3.05) is 19.0 Å². The van der Waals surface area contributed by atoms with Gasteiger partial charge in [-0.05, 0) is 72.3 Å². The van der Waals surface area contributed by atoms with Crippen LogP contribution in [0.15, 0.2) is 76.6 Å². The summed E-state index contributed by atoms with van der Waals surface area (Å²) < 4.78 is 5.55. The average Bonchev–Trinajstić information content (AvgIpc) is 3.13. The number of carbonyl (C=O) groups is 3. The molecular formula is C27H22ClN3O5S. The van der Waals surface area contributed by atoms with Crippen LogP contribution in [-0.4, -0.2) is 46.6 Å². The topological polar surface area (TPSA) is 108 Å². The number of likely N-dealkylation sites (N-methyl/N-ethyl adjacent to an activating group) is 1. The highest BCUT2D eigenvalue weighted by Crippen LogP contribution is 2.35. The molecule has 10 heteroatoms. The van der Waals surface area contributed by atoms with Gasteiger partial charge in [0, 0.05) is 12.7 Å². The van der Waals surface area contributed by atoms with Crippen LogP contribution in [0.25, 0.3) is 6.08 Å². The van der Waals surface area contributed by atoms with Gasteiger partial charge >= 0.3 is 5.97 Å². The van der Waals surface area contributed by atoms with E-state index >= 15 is 0 Å². The first kappa shape index (κ1) is 26.0. The summed E-state index contributed by atoms with van der Waals surface area (Å²) in [6.07, 6.45) is 1.68. The predicted molar refractivity (Wildman–Crippen MR) is 146 cm³/mol. The molecule has 1 aliphatic rings. The number of benzene rings is 3. The Bertz CT molecular complexity index is 1440. The van der Waals surface area contributed by atoms with Gasteiger partial charge in [-0.1, -0.05) is 41.9 Å². The van der Waals surface area contributed by atoms with E-state index in [-0.39, 0.29) is 24.0 Å². The van der Waals surface area contributed by atoms with Crippen molar-refractivity contribution in [3.63, 3.8) is 0 Å². The fourth-order valence-corrected chi connectivity index (χ4v) is 4.69. The van der Waals surface area contributed by atoms with Crippen molar-refractivity contribution in [1.82, 2.24) is 4.90 Å². The summed E-state index contributed by atoms with van der Waals surface area (Å²) >= 11 is 7.53. The molecule has 3 aromatic carbocycles. The second kappa shape index (κ2) is 11.3. The van der Waals surface area contributed by atoms with Crippen LogP contribution in [0.4, 0.5) is 11.4 Å². The minimum absolute atomic E-state index is 0.157. The van der Waals surface area contributed by atoms with Gasteiger partial charge in [-0.3, -0.25) is 14.5 Å². The van der Waals surface area contributed by atoms with E-state index in [0.29, 0.717) is 43.3 Å². The molecule has 37 heavy (non-hydrogen) atoms. The molecule has 1 heterocycles. The molecule has 188 valence electrons.